The molecule has 152 valence electrons. The third kappa shape index (κ3) is 2.69. The van der Waals surface area contributed by atoms with Crippen LogP contribution in [0.5, 0.6) is 0 Å². The molecule has 0 unspecified atom stereocenters. The minimum absolute atomic E-state index is 0.339. The van der Waals surface area contributed by atoms with Gasteiger partial charge in [-0.3, -0.25) is 4.90 Å². The lowest BCUT2D eigenvalue weighted by Gasteiger charge is -2.39. The maximum Gasteiger partial charge on any atom is 0.0494 e. The fourth-order valence-corrected chi connectivity index (χ4v) is 5.84. The van der Waals surface area contributed by atoms with Crippen molar-refractivity contribution in [3.8, 4) is 0 Å². The molecular weight excluding hydrogens is 366 g/mol. The number of fused-ring (bicyclic) bond motifs is 5. The molecule has 4 aromatic rings. The van der Waals surface area contributed by atoms with E-state index in [1.54, 1.807) is 5.56 Å². The summed E-state index contributed by atoms with van der Waals surface area (Å²) in [7, 11) is 0. The highest BCUT2D eigenvalue weighted by atomic mass is 15.1. The van der Waals surface area contributed by atoms with Crippen LogP contribution in [0.3, 0.4) is 0 Å². The van der Waals surface area contributed by atoms with E-state index in [4.69, 9.17) is 0 Å². The summed E-state index contributed by atoms with van der Waals surface area (Å²) in [6.45, 7) is 7.74. The van der Waals surface area contributed by atoms with Crippen molar-refractivity contribution in [3.63, 3.8) is 0 Å². The molecule has 0 radical (unpaired) electrons. The van der Waals surface area contributed by atoms with E-state index in [9.17, 15) is 0 Å². The zero-order valence-electron chi connectivity index (χ0n) is 17.7. The second kappa shape index (κ2) is 6.88. The lowest BCUT2D eigenvalue weighted by Crippen LogP contribution is -2.43. The Kier molecular flexibility index (Phi) is 4.14. The highest BCUT2D eigenvalue weighted by Crippen LogP contribution is 2.44. The molecule has 2 aliphatic rings. The van der Waals surface area contributed by atoms with E-state index in [1.165, 1.54) is 59.0 Å². The maximum atomic E-state index is 3.65. The molecule has 30 heavy (non-hydrogen) atoms. The van der Waals surface area contributed by atoms with E-state index in [0.717, 1.165) is 19.6 Å². The Morgan fingerprint density at radius 3 is 2.50 bits per heavy atom. The summed E-state index contributed by atoms with van der Waals surface area (Å²) in [5, 5.41) is 6.40. The van der Waals surface area contributed by atoms with Gasteiger partial charge in [0, 0.05) is 52.5 Å². The van der Waals surface area contributed by atoms with Gasteiger partial charge in [0.25, 0.3) is 0 Å². The lowest BCUT2D eigenvalue weighted by molar-refractivity contribution is 0.162. The van der Waals surface area contributed by atoms with Crippen molar-refractivity contribution in [1.82, 2.24) is 9.47 Å². The zero-order chi connectivity index (χ0) is 20.1. The van der Waals surface area contributed by atoms with E-state index >= 15 is 0 Å². The molecule has 1 spiro atoms. The van der Waals surface area contributed by atoms with Gasteiger partial charge in [-0.1, -0.05) is 48.5 Å². The number of aromatic nitrogens is 1. The molecule has 0 amide bonds. The molecule has 1 aromatic heterocycles. The Bertz CT molecular complexity index is 1230. The van der Waals surface area contributed by atoms with Crippen LogP contribution in [-0.2, 0) is 18.5 Å². The van der Waals surface area contributed by atoms with E-state index in [1.807, 2.05) is 0 Å². The Hall–Kier alpha value is -2.78. The minimum atomic E-state index is 0.339. The molecule has 0 aliphatic carbocycles. The van der Waals surface area contributed by atoms with Gasteiger partial charge >= 0.3 is 0 Å². The number of anilines is 1. The average molecular weight is 396 g/mol. The van der Waals surface area contributed by atoms with E-state index in [0.29, 0.717) is 5.41 Å². The molecule has 0 atom stereocenters. The number of rotatable bonds is 3. The predicted octanol–water partition coefficient (Wildman–Crippen LogP) is 5.77. The fourth-order valence-electron chi connectivity index (χ4n) is 5.84. The van der Waals surface area contributed by atoms with Gasteiger partial charge in [-0.05, 0) is 62.2 Å². The predicted molar refractivity (Wildman–Crippen MR) is 126 cm³/mol. The van der Waals surface area contributed by atoms with Crippen LogP contribution in [0, 0.1) is 0 Å². The summed E-state index contributed by atoms with van der Waals surface area (Å²) in [4.78, 5) is 2.65. The number of piperidine rings is 1. The number of aryl methyl sites for hydroxylation is 1. The van der Waals surface area contributed by atoms with Crippen LogP contribution in [0.4, 0.5) is 5.69 Å². The van der Waals surface area contributed by atoms with Gasteiger partial charge in [-0.25, -0.2) is 0 Å². The number of hydrogen-bond donors (Lipinski definition) is 1. The smallest absolute Gasteiger partial charge is 0.0494 e. The van der Waals surface area contributed by atoms with Gasteiger partial charge in [0.2, 0.25) is 0 Å². The van der Waals surface area contributed by atoms with Crippen molar-refractivity contribution in [2.75, 3.05) is 25.0 Å². The van der Waals surface area contributed by atoms with Crippen molar-refractivity contribution in [3.05, 3.63) is 77.9 Å². The topological polar surface area (TPSA) is 20.2 Å². The first kappa shape index (κ1) is 18.0. The summed E-state index contributed by atoms with van der Waals surface area (Å²) >= 11 is 0. The Labute approximate surface area is 178 Å². The number of likely N-dealkylation sites (tertiary alicyclic amines) is 1. The summed E-state index contributed by atoms with van der Waals surface area (Å²) in [5.74, 6) is 0. The molecule has 3 heterocycles. The summed E-state index contributed by atoms with van der Waals surface area (Å²) in [6, 6.07) is 24.8. The zero-order valence-corrected chi connectivity index (χ0v) is 17.7. The third-order valence-electron chi connectivity index (χ3n) is 7.49. The Morgan fingerprint density at radius 2 is 1.63 bits per heavy atom. The molecule has 2 aliphatic heterocycles. The molecule has 0 saturated carbocycles. The van der Waals surface area contributed by atoms with Gasteiger partial charge in [0.05, 0.1) is 0 Å². The van der Waals surface area contributed by atoms with Gasteiger partial charge < -0.3 is 9.88 Å². The number of nitrogens with zero attached hydrogens (tertiary/aromatic N) is 2. The monoisotopic (exact) mass is 395 g/mol. The third-order valence-corrected chi connectivity index (χ3v) is 7.49. The van der Waals surface area contributed by atoms with Crippen molar-refractivity contribution in [1.29, 1.82) is 0 Å². The molecule has 3 nitrogen and oxygen atoms in total. The molecule has 1 fully saturated rings. The Morgan fingerprint density at radius 1 is 0.867 bits per heavy atom. The van der Waals surface area contributed by atoms with E-state index in [-0.39, 0.29) is 0 Å². The largest absolute Gasteiger partial charge is 0.384 e. The summed E-state index contributed by atoms with van der Waals surface area (Å²) < 4.78 is 2.46. The highest BCUT2D eigenvalue weighted by molar-refractivity contribution is 6.08. The fraction of sp³-hybridized carbons (Fsp3) is 0.333. The number of para-hydroxylation sites is 2. The first-order chi connectivity index (χ1) is 14.8. The summed E-state index contributed by atoms with van der Waals surface area (Å²) in [5.41, 5.74) is 7.38. The SMILES string of the molecule is CCn1c2ccccc2c2ccc(CN3CCC4(CC3)CNc3ccccc34)cc21. The maximum absolute atomic E-state index is 3.65. The minimum Gasteiger partial charge on any atom is -0.384 e. The number of nitrogens with one attached hydrogen (secondary N) is 1. The van der Waals surface area contributed by atoms with Crippen LogP contribution in [0.25, 0.3) is 21.8 Å². The van der Waals surface area contributed by atoms with Crippen molar-refractivity contribution >= 4 is 27.5 Å². The molecule has 3 heteroatoms. The Balaban J connectivity index is 1.24. The molecule has 6 rings (SSSR count). The van der Waals surface area contributed by atoms with Gasteiger partial charge in [0.1, 0.15) is 0 Å². The van der Waals surface area contributed by atoms with Crippen LogP contribution < -0.4 is 5.32 Å². The highest BCUT2D eigenvalue weighted by Gasteiger charge is 2.41. The van der Waals surface area contributed by atoms with Crippen LogP contribution in [0.2, 0.25) is 0 Å². The van der Waals surface area contributed by atoms with E-state index in [2.05, 4.69) is 88.4 Å². The molecule has 0 bridgehead atoms. The molecule has 1 N–H and O–H groups in total. The lowest BCUT2D eigenvalue weighted by atomic mass is 9.74. The van der Waals surface area contributed by atoms with Crippen LogP contribution in [-0.4, -0.2) is 29.1 Å². The molecule has 1 saturated heterocycles. The molecule has 3 aromatic carbocycles. The first-order valence-electron chi connectivity index (χ1n) is 11.3. The molecular formula is C27H29N3. The van der Waals surface area contributed by atoms with Gasteiger partial charge in [-0.2, -0.15) is 0 Å². The second-order valence-corrected chi connectivity index (χ2v) is 9.07. The average Bonchev–Trinajstić information content (AvgIpc) is 3.31. The standard InChI is InChI=1S/C27H29N3/c1-2-30-25-10-6-3-7-21(25)22-12-11-20(17-26(22)30)18-29-15-13-27(14-16-29)19-28-24-9-5-4-8-23(24)27/h3-12,17,28H,2,13-16,18-19H2,1H3. The number of benzene rings is 3. The summed E-state index contributed by atoms with van der Waals surface area (Å²) in [6.07, 6.45) is 2.49. The normalized spacial score (nSPS) is 18.2. The van der Waals surface area contributed by atoms with Crippen LogP contribution in [0.1, 0.15) is 30.9 Å². The van der Waals surface area contributed by atoms with Crippen molar-refractivity contribution in [2.45, 2.75) is 38.3 Å². The van der Waals surface area contributed by atoms with Crippen molar-refractivity contribution in [2.24, 2.45) is 0 Å². The quantitative estimate of drug-likeness (QED) is 0.475. The van der Waals surface area contributed by atoms with Crippen LogP contribution >= 0.6 is 0 Å². The van der Waals surface area contributed by atoms with Gasteiger partial charge in [-0.15, -0.1) is 0 Å². The van der Waals surface area contributed by atoms with Crippen molar-refractivity contribution < 1.29 is 0 Å². The van der Waals surface area contributed by atoms with E-state index < -0.39 is 0 Å². The first-order valence-corrected chi connectivity index (χ1v) is 11.3. The second-order valence-electron chi connectivity index (χ2n) is 9.07. The number of hydrogen-bond acceptors (Lipinski definition) is 2. The van der Waals surface area contributed by atoms with Gasteiger partial charge in [0.15, 0.2) is 0 Å². The van der Waals surface area contributed by atoms with Crippen LogP contribution in [0.15, 0.2) is 66.7 Å².